The SMILES string of the molecule is CCN1CCOC(C(=O)Cc2nc(C)c(C)s2)C1. The molecule has 5 heteroatoms. The number of ketones is 1. The van der Waals surface area contributed by atoms with E-state index in [0.717, 1.165) is 30.3 Å². The predicted molar refractivity (Wildman–Crippen MR) is 72.2 cm³/mol. The van der Waals surface area contributed by atoms with E-state index in [1.54, 1.807) is 11.3 Å². The summed E-state index contributed by atoms with van der Waals surface area (Å²) in [6.45, 7) is 9.41. The molecule has 0 radical (unpaired) electrons. The summed E-state index contributed by atoms with van der Waals surface area (Å²) < 4.78 is 5.57. The summed E-state index contributed by atoms with van der Waals surface area (Å²) in [5.74, 6) is 0.155. The van der Waals surface area contributed by atoms with Crippen molar-refractivity contribution in [1.82, 2.24) is 9.88 Å². The van der Waals surface area contributed by atoms with Crippen LogP contribution in [0.25, 0.3) is 0 Å². The van der Waals surface area contributed by atoms with Crippen LogP contribution in [-0.2, 0) is 16.0 Å². The fourth-order valence-corrected chi connectivity index (χ4v) is 3.01. The number of Topliss-reactive ketones (excluding diaryl/α,β-unsaturated/α-hetero) is 1. The lowest BCUT2D eigenvalue weighted by atomic mass is 10.1. The van der Waals surface area contributed by atoms with E-state index >= 15 is 0 Å². The average Bonchev–Trinajstić information content (AvgIpc) is 2.68. The van der Waals surface area contributed by atoms with Crippen molar-refractivity contribution in [2.45, 2.75) is 33.3 Å². The van der Waals surface area contributed by atoms with E-state index in [1.165, 1.54) is 4.88 Å². The molecule has 1 fully saturated rings. The maximum Gasteiger partial charge on any atom is 0.169 e. The first-order valence-electron chi connectivity index (χ1n) is 6.39. The molecule has 18 heavy (non-hydrogen) atoms. The Morgan fingerprint density at radius 2 is 2.33 bits per heavy atom. The van der Waals surface area contributed by atoms with Crippen molar-refractivity contribution in [1.29, 1.82) is 0 Å². The summed E-state index contributed by atoms with van der Waals surface area (Å²) in [5, 5.41) is 0.909. The van der Waals surface area contributed by atoms with Crippen LogP contribution in [0.15, 0.2) is 0 Å². The molecule has 0 bridgehead atoms. The second-order valence-electron chi connectivity index (χ2n) is 4.64. The Labute approximate surface area is 112 Å². The third kappa shape index (κ3) is 3.16. The molecule has 2 heterocycles. The minimum Gasteiger partial charge on any atom is -0.368 e. The van der Waals surface area contributed by atoms with Crippen LogP contribution in [0.5, 0.6) is 0 Å². The number of hydrogen-bond acceptors (Lipinski definition) is 5. The molecule has 0 spiro atoms. The molecule has 1 unspecified atom stereocenters. The zero-order chi connectivity index (χ0) is 13.1. The van der Waals surface area contributed by atoms with E-state index in [0.29, 0.717) is 13.0 Å². The minimum atomic E-state index is -0.275. The van der Waals surface area contributed by atoms with Gasteiger partial charge in [-0.1, -0.05) is 6.92 Å². The van der Waals surface area contributed by atoms with Crippen molar-refractivity contribution < 1.29 is 9.53 Å². The highest BCUT2D eigenvalue weighted by Gasteiger charge is 2.26. The van der Waals surface area contributed by atoms with Crippen molar-refractivity contribution >= 4 is 17.1 Å². The van der Waals surface area contributed by atoms with Gasteiger partial charge >= 0.3 is 0 Å². The van der Waals surface area contributed by atoms with Gasteiger partial charge in [-0.25, -0.2) is 4.98 Å². The molecule has 1 aromatic heterocycles. The normalized spacial score (nSPS) is 21.2. The van der Waals surface area contributed by atoms with Gasteiger partial charge in [0, 0.05) is 18.0 Å². The van der Waals surface area contributed by atoms with Crippen molar-refractivity contribution in [3.05, 3.63) is 15.6 Å². The Morgan fingerprint density at radius 1 is 1.56 bits per heavy atom. The highest BCUT2D eigenvalue weighted by atomic mass is 32.1. The Hall–Kier alpha value is -0.780. The lowest BCUT2D eigenvalue weighted by molar-refractivity contribution is -0.135. The van der Waals surface area contributed by atoms with Crippen molar-refractivity contribution in [3.63, 3.8) is 0 Å². The van der Waals surface area contributed by atoms with Gasteiger partial charge in [0.2, 0.25) is 0 Å². The first-order chi connectivity index (χ1) is 8.60. The smallest absolute Gasteiger partial charge is 0.169 e. The molecule has 100 valence electrons. The first kappa shape index (κ1) is 13.6. The Balaban J connectivity index is 1.95. The van der Waals surface area contributed by atoms with Crippen LogP contribution < -0.4 is 0 Å². The molecule has 0 aliphatic carbocycles. The van der Waals surface area contributed by atoms with Crippen LogP contribution >= 0.6 is 11.3 Å². The number of thiazole rings is 1. The number of aryl methyl sites for hydroxylation is 2. The van der Waals surface area contributed by atoms with Crippen molar-refractivity contribution in [2.75, 3.05) is 26.2 Å². The second kappa shape index (κ2) is 5.91. The largest absolute Gasteiger partial charge is 0.368 e. The van der Waals surface area contributed by atoms with E-state index in [4.69, 9.17) is 4.74 Å². The fraction of sp³-hybridized carbons (Fsp3) is 0.692. The lowest BCUT2D eigenvalue weighted by Crippen LogP contribution is -2.46. The Morgan fingerprint density at radius 3 is 2.94 bits per heavy atom. The van der Waals surface area contributed by atoms with Crippen LogP contribution in [0.4, 0.5) is 0 Å². The third-order valence-electron chi connectivity index (χ3n) is 3.36. The Bertz CT molecular complexity index is 411. The molecule has 1 saturated heterocycles. The summed E-state index contributed by atoms with van der Waals surface area (Å²) in [6, 6.07) is 0. The summed E-state index contributed by atoms with van der Waals surface area (Å²) in [5.41, 5.74) is 1.03. The summed E-state index contributed by atoms with van der Waals surface area (Å²) in [6.07, 6.45) is 0.130. The standard InChI is InChI=1S/C13H20N2O2S/c1-4-15-5-6-17-12(8-15)11(16)7-13-14-9(2)10(3)18-13/h12H,4-8H2,1-3H3. The Kier molecular flexibility index (Phi) is 4.48. The quantitative estimate of drug-likeness (QED) is 0.832. The van der Waals surface area contributed by atoms with Crippen molar-refractivity contribution in [3.8, 4) is 0 Å². The van der Waals surface area contributed by atoms with Crippen LogP contribution in [0.2, 0.25) is 0 Å². The van der Waals surface area contributed by atoms with Crippen LogP contribution in [-0.4, -0.2) is 48.0 Å². The maximum absolute atomic E-state index is 12.2. The van der Waals surface area contributed by atoms with E-state index in [2.05, 4.69) is 16.8 Å². The van der Waals surface area contributed by atoms with Gasteiger partial charge < -0.3 is 4.74 Å². The van der Waals surface area contributed by atoms with E-state index in [1.807, 2.05) is 13.8 Å². The molecule has 0 saturated carbocycles. The number of carbonyl (C=O) groups excluding carboxylic acids is 1. The van der Waals surface area contributed by atoms with Gasteiger partial charge in [-0.3, -0.25) is 9.69 Å². The second-order valence-corrected chi connectivity index (χ2v) is 5.93. The number of nitrogens with zero attached hydrogens (tertiary/aromatic N) is 2. The fourth-order valence-electron chi connectivity index (χ4n) is 2.06. The van der Waals surface area contributed by atoms with Gasteiger partial charge in [-0.05, 0) is 20.4 Å². The molecular formula is C13H20N2O2S. The van der Waals surface area contributed by atoms with Gasteiger partial charge in [0.1, 0.15) is 11.1 Å². The summed E-state index contributed by atoms with van der Waals surface area (Å²) >= 11 is 1.61. The molecule has 4 nitrogen and oxygen atoms in total. The molecule has 0 amide bonds. The number of morpholine rings is 1. The number of rotatable bonds is 4. The highest BCUT2D eigenvalue weighted by molar-refractivity contribution is 7.11. The van der Waals surface area contributed by atoms with Gasteiger partial charge in [0.05, 0.1) is 18.7 Å². The van der Waals surface area contributed by atoms with Gasteiger partial charge in [0.25, 0.3) is 0 Å². The topological polar surface area (TPSA) is 42.4 Å². The lowest BCUT2D eigenvalue weighted by Gasteiger charge is -2.31. The molecule has 1 aromatic rings. The summed E-state index contributed by atoms with van der Waals surface area (Å²) in [4.78, 5) is 20.0. The van der Waals surface area contributed by atoms with Gasteiger partial charge in [0.15, 0.2) is 5.78 Å². The van der Waals surface area contributed by atoms with Crippen molar-refractivity contribution in [2.24, 2.45) is 0 Å². The molecular weight excluding hydrogens is 248 g/mol. The van der Waals surface area contributed by atoms with Crippen LogP contribution in [0, 0.1) is 13.8 Å². The predicted octanol–water partition coefficient (Wildman–Crippen LogP) is 1.59. The highest BCUT2D eigenvalue weighted by Crippen LogP contribution is 2.18. The monoisotopic (exact) mass is 268 g/mol. The number of hydrogen-bond donors (Lipinski definition) is 0. The van der Waals surface area contributed by atoms with Gasteiger partial charge in [-0.2, -0.15) is 0 Å². The number of aromatic nitrogens is 1. The molecule has 1 atom stereocenters. The van der Waals surface area contributed by atoms with Crippen LogP contribution in [0.1, 0.15) is 22.5 Å². The number of ether oxygens (including phenoxy) is 1. The molecule has 0 N–H and O–H groups in total. The van der Waals surface area contributed by atoms with E-state index in [-0.39, 0.29) is 11.9 Å². The third-order valence-corrected chi connectivity index (χ3v) is 4.43. The van der Waals surface area contributed by atoms with Crippen LogP contribution in [0.3, 0.4) is 0 Å². The zero-order valence-electron chi connectivity index (χ0n) is 11.2. The summed E-state index contributed by atoms with van der Waals surface area (Å²) in [7, 11) is 0. The van der Waals surface area contributed by atoms with E-state index < -0.39 is 0 Å². The zero-order valence-corrected chi connectivity index (χ0v) is 12.0. The number of carbonyl (C=O) groups is 1. The van der Waals surface area contributed by atoms with E-state index in [9.17, 15) is 4.79 Å². The first-order valence-corrected chi connectivity index (χ1v) is 7.21. The minimum absolute atomic E-state index is 0.155. The average molecular weight is 268 g/mol. The number of likely N-dealkylation sites (N-methyl/N-ethyl adjacent to an activating group) is 1. The molecule has 1 aliphatic rings. The molecule has 2 rings (SSSR count). The molecule has 0 aromatic carbocycles. The van der Waals surface area contributed by atoms with Gasteiger partial charge in [-0.15, -0.1) is 11.3 Å². The molecule has 1 aliphatic heterocycles. The maximum atomic E-state index is 12.2.